The maximum Gasteiger partial charge on any atom is 0.127 e. The van der Waals surface area contributed by atoms with E-state index in [0.29, 0.717) is 48.0 Å². The van der Waals surface area contributed by atoms with Crippen LogP contribution in [0.15, 0.2) is 72.9 Å². The Balaban J connectivity index is 1.98. The van der Waals surface area contributed by atoms with Gasteiger partial charge < -0.3 is 10.2 Å². The molecule has 4 rings (SSSR count). The van der Waals surface area contributed by atoms with Gasteiger partial charge in [-0.2, -0.15) is 0 Å². The third kappa shape index (κ3) is 6.17. The van der Waals surface area contributed by atoms with E-state index in [0.717, 1.165) is 59.1 Å². The molecule has 0 aliphatic heterocycles. The molecule has 2 aliphatic carbocycles. The summed E-state index contributed by atoms with van der Waals surface area (Å²) >= 11 is 0. The Labute approximate surface area is 243 Å². The van der Waals surface area contributed by atoms with E-state index in [1.807, 2.05) is 12.2 Å². The number of aromatic hydroxyl groups is 2. The average molecular weight is 539 g/mol. The Bertz CT molecular complexity index is 1200. The Hall–Kier alpha value is -3.00. The van der Waals surface area contributed by atoms with Crippen molar-refractivity contribution < 1.29 is 10.2 Å². The van der Waals surface area contributed by atoms with Crippen LogP contribution in [0.3, 0.4) is 0 Å². The first-order chi connectivity index (χ1) is 19.0. The van der Waals surface area contributed by atoms with Gasteiger partial charge in [0, 0.05) is 34.1 Å². The lowest BCUT2D eigenvalue weighted by molar-refractivity contribution is 0.309. The Morgan fingerprint density at radius 2 is 1.07 bits per heavy atom. The maximum atomic E-state index is 12.0. The molecule has 40 heavy (non-hydrogen) atoms. The van der Waals surface area contributed by atoms with Crippen molar-refractivity contribution in [3.8, 4) is 22.6 Å². The highest BCUT2D eigenvalue weighted by Gasteiger charge is 2.33. The van der Waals surface area contributed by atoms with E-state index < -0.39 is 0 Å². The second-order valence-corrected chi connectivity index (χ2v) is 13.1. The largest absolute Gasteiger partial charge is 0.507 e. The van der Waals surface area contributed by atoms with Crippen molar-refractivity contribution in [2.45, 2.75) is 91.9 Å². The van der Waals surface area contributed by atoms with E-state index in [1.54, 1.807) is 0 Å². The van der Waals surface area contributed by atoms with Gasteiger partial charge >= 0.3 is 0 Å². The number of hydrogen-bond acceptors (Lipinski definition) is 2. The summed E-state index contributed by atoms with van der Waals surface area (Å²) in [6.45, 7) is 21.6. The molecule has 2 aliphatic rings. The molecule has 2 nitrogen and oxygen atoms in total. The Morgan fingerprint density at radius 1 is 0.700 bits per heavy atom. The standard InChI is InChI=1S/C38H50O2/c1-9-11-27-19-33(31-17-25(7)13-15-29(31)23(3)4)37(39)35(21-27)36-22-28(12-10-2)20-34(38(36)40)32-18-26(8)14-16-30(32)24(5)6/h9-10,17-24,29-32,39-40H,1-2,11-16H2,3-8H3. The zero-order valence-corrected chi connectivity index (χ0v) is 25.6. The predicted octanol–water partition coefficient (Wildman–Crippen LogP) is 10.4. The normalized spacial score (nSPS) is 23.2. The predicted molar refractivity (Wildman–Crippen MR) is 171 cm³/mol. The first-order valence-corrected chi connectivity index (χ1v) is 15.3. The molecule has 214 valence electrons. The summed E-state index contributed by atoms with van der Waals surface area (Å²) in [5, 5.41) is 24.0. The van der Waals surface area contributed by atoms with E-state index in [1.165, 1.54) is 11.1 Å². The van der Waals surface area contributed by atoms with Gasteiger partial charge in [0.05, 0.1) is 0 Å². The van der Waals surface area contributed by atoms with Gasteiger partial charge in [0.25, 0.3) is 0 Å². The summed E-state index contributed by atoms with van der Waals surface area (Å²) in [5.41, 5.74) is 8.36. The minimum absolute atomic E-state index is 0.143. The van der Waals surface area contributed by atoms with Crippen molar-refractivity contribution in [2.75, 3.05) is 0 Å². The van der Waals surface area contributed by atoms with Crippen LogP contribution in [0, 0.1) is 23.7 Å². The highest BCUT2D eigenvalue weighted by Crippen LogP contribution is 2.50. The van der Waals surface area contributed by atoms with Crippen LogP contribution in [-0.4, -0.2) is 10.2 Å². The average Bonchev–Trinajstić information content (AvgIpc) is 2.90. The van der Waals surface area contributed by atoms with Crippen molar-refractivity contribution in [1.29, 1.82) is 0 Å². The summed E-state index contributed by atoms with van der Waals surface area (Å²) in [4.78, 5) is 0. The third-order valence-electron chi connectivity index (χ3n) is 9.47. The molecule has 2 N–H and O–H groups in total. The molecule has 4 unspecified atom stereocenters. The molecule has 0 heterocycles. The van der Waals surface area contributed by atoms with E-state index in [4.69, 9.17) is 0 Å². The number of phenolic OH excluding ortho intramolecular Hbond substituents is 2. The lowest BCUT2D eigenvalue weighted by atomic mass is 9.70. The van der Waals surface area contributed by atoms with Gasteiger partial charge in [-0.05, 0) is 99.3 Å². The van der Waals surface area contributed by atoms with E-state index in [2.05, 4.69) is 91.1 Å². The molecule has 0 fully saturated rings. The monoisotopic (exact) mass is 538 g/mol. The first kappa shape index (κ1) is 30.0. The van der Waals surface area contributed by atoms with Crippen LogP contribution in [0.25, 0.3) is 11.1 Å². The molecule has 2 aromatic carbocycles. The fraction of sp³-hybridized carbons (Fsp3) is 0.474. The van der Waals surface area contributed by atoms with Crippen LogP contribution in [0.2, 0.25) is 0 Å². The molecule has 0 aromatic heterocycles. The molecular weight excluding hydrogens is 488 g/mol. The smallest absolute Gasteiger partial charge is 0.127 e. The SMILES string of the molecule is C=CCc1cc(-c2cc(CC=C)cc(C3C=C(C)CCC3C(C)C)c2O)c(O)c(C2C=C(C)CCC2C(C)C)c1. The van der Waals surface area contributed by atoms with Crippen LogP contribution in [0.5, 0.6) is 11.5 Å². The van der Waals surface area contributed by atoms with E-state index in [-0.39, 0.29) is 11.8 Å². The topological polar surface area (TPSA) is 40.5 Å². The van der Waals surface area contributed by atoms with Gasteiger partial charge in [-0.15, -0.1) is 13.2 Å². The summed E-state index contributed by atoms with van der Waals surface area (Å²) in [5.74, 6) is 2.80. The van der Waals surface area contributed by atoms with Gasteiger partial charge in [0.2, 0.25) is 0 Å². The van der Waals surface area contributed by atoms with Gasteiger partial charge in [-0.3, -0.25) is 0 Å². The van der Waals surface area contributed by atoms with Crippen LogP contribution < -0.4 is 0 Å². The molecule has 2 heteroatoms. The molecule has 0 bridgehead atoms. The molecule has 4 atom stereocenters. The van der Waals surface area contributed by atoms with Gasteiger partial charge in [-0.1, -0.05) is 75.3 Å². The highest BCUT2D eigenvalue weighted by atomic mass is 16.3. The summed E-state index contributed by atoms with van der Waals surface area (Å²) in [6, 6.07) is 8.46. The van der Waals surface area contributed by atoms with Crippen molar-refractivity contribution in [1.82, 2.24) is 0 Å². The lowest BCUT2D eigenvalue weighted by Crippen LogP contribution is -2.21. The molecular formula is C38H50O2. The Morgan fingerprint density at radius 3 is 1.40 bits per heavy atom. The lowest BCUT2D eigenvalue weighted by Gasteiger charge is -2.35. The van der Waals surface area contributed by atoms with Gasteiger partial charge in [0.1, 0.15) is 11.5 Å². The summed E-state index contributed by atoms with van der Waals surface area (Å²) < 4.78 is 0. The quantitative estimate of drug-likeness (QED) is 0.312. The molecule has 2 aromatic rings. The number of hydrogen-bond donors (Lipinski definition) is 2. The maximum absolute atomic E-state index is 12.0. The van der Waals surface area contributed by atoms with Gasteiger partial charge in [-0.25, -0.2) is 0 Å². The van der Waals surface area contributed by atoms with Crippen LogP contribution in [-0.2, 0) is 12.8 Å². The minimum atomic E-state index is 0.143. The molecule has 0 saturated carbocycles. The van der Waals surface area contributed by atoms with Crippen LogP contribution >= 0.6 is 0 Å². The summed E-state index contributed by atoms with van der Waals surface area (Å²) in [7, 11) is 0. The first-order valence-electron chi connectivity index (χ1n) is 15.3. The van der Waals surface area contributed by atoms with E-state index in [9.17, 15) is 10.2 Å². The zero-order chi connectivity index (χ0) is 29.1. The summed E-state index contributed by atoms with van der Waals surface area (Å²) in [6.07, 6.45) is 14.5. The van der Waals surface area contributed by atoms with Crippen molar-refractivity contribution in [3.05, 3.63) is 95.1 Å². The number of rotatable bonds is 9. The third-order valence-corrected chi connectivity index (χ3v) is 9.47. The highest BCUT2D eigenvalue weighted by molar-refractivity contribution is 5.80. The van der Waals surface area contributed by atoms with Crippen LogP contribution in [0.4, 0.5) is 0 Å². The number of allylic oxidation sites excluding steroid dienone is 6. The second-order valence-electron chi connectivity index (χ2n) is 13.1. The fourth-order valence-corrected chi connectivity index (χ4v) is 7.24. The van der Waals surface area contributed by atoms with Gasteiger partial charge in [0.15, 0.2) is 0 Å². The van der Waals surface area contributed by atoms with Crippen molar-refractivity contribution in [3.63, 3.8) is 0 Å². The zero-order valence-electron chi connectivity index (χ0n) is 25.6. The van der Waals surface area contributed by atoms with Crippen molar-refractivity contribution in [2.24, 2.45) is 23.7 Å². The van der Waals surface area contributed by atoms with Crippen molar-refractivity contribution >= 4 is 0 Å². The minimum Gasteiger partial charge on any atom is -0.507 e. The van der Waals surface area contributed by atoms with Crippen LogP contribution in [0.1, 0.15) is 101 Å². The molecule has 0 amide bonds. The molecule has 0 spiro atoms. The number of phenols is 2. The van der Waals surface area contributed by atoms with E-state index >= 15 is 0 Å². The Kier molecular flexibility index (Phi) is 9.49. The fourth-order valence-electron chi connectivity index (χ4n) is 7.24. The molecule has 0 radical (unpaired) electrons. The number of benzene rings is 2. The second kappa shape index (κ2) is 12.7. The molecule has 0 saturated heterocycles.